The van der Waals surface area contributed by atoms with E-state index in [0.29, 0.717) is 32.2 Å². The van der Waals surface area contributed by atoms with E-state index < -0.39 is 0 Å². The molecule has 1 aliphatic carbocycles. The number of hydrogen-bond donors (Lipinski definition) is 1. The first-order chi connectivity index (χ1) is 12.2. The first-order valence-electron chi connectivity index (χ1n) is 9.23. The van der Waals surface area contributed by atoms with Gasteiger partial charge in [-0.2, -0.15) is 0 Å². The van der Waals surface area contributed by atoms with Gasteiger partial charge in [0.05, 0.1) is 0 Å². The van der Waals surface area contributed by atoms with E-state index in [-0.39, 0.29) is 18.7 Å². The molecule has 25 heavy (non-hydrogen) atoms. The van der Waals surface area contributed by atoms with Crippen LogP contribution in [0.5, 0.6) is 0 Å². The lowest BCUT2D eigenvalue weighted by Gasteiger charge is -2.35. The molecule has 3 amide bonds. The summed E-state index contributed by atoms with van der Waals surface area (Å²) in [5.41, 5.74) is 0.973. The van der Waals surface area contributed by atoms with E-state index >= 15 is 0 Å². The van der Waals surface area contributed by atoms with Crippen LogP contribution in [-0.4, -0.2) is 54.1 Å². The van der Waals surface area contributed by atoms with Crippen LogP contribution in [0, 0.1) is 0 Å². The zero-order valence-corrected chi connectivity index (χ0v) is 14.7. The summed E-state index contributed by atoms with van der Waals surface area (Å²) >= 11 is 0. The first-order valence-corrected chi connectivity index (χ1v) is 9.23. The van der Waals surface area contributed by atoms with Crippen LogP contribution >= 0.6 is 0 Å². The van der Waals surface area contributed by atoms with Gasteiger partial charge in [0.25, 0.3) is 0 Å². The first kappa shape index (κ1) is 17.6. The second kappa shape index (κ2) is 8.74. The van der Waals surface area contributed by atoms with Crippen LogP contribution in [0.1, 0.15) is 37.7 Å². The number of urea groups is 1. The molecular weight excluding hydrogens is 318 g/mol. The molecule has 3 rings (SSSR count). The van der Waals surface area contributed by atoms with Crippen molar-refractivity contribution in [3.8, 4) is 0 Å². The molecule has 6 heteroatoms. The van der Waals surface area contributed by atoms with Crippen LogP contribution in [0.4, 0.5) is 9.59 Å². The third-order valence-corrected chi connectivity index (χ3v) is 4.96. The topological polar surface area (TPSA) is 61.9 Å². The molecule has 6 nitrogen and oxygen atoms in total. The van der Waals surface area contributed by atoms with Crippen molar-refractivity contribution in [3.05, 3.63) is 35.9 Å². The Morgan fingerprint density at radius 3 is 2.28 bits per heavy atom. The quantitative estimate of drug-likeness (QED) is 0.916. The molecule has 1 aliphatic heterocycles. The van der Waals surface area contributed by atoms with Gasteiger partial charge in [-0.05, 0) is 18.4 Å². The van der Waals surface area contributed by atoms with Crippen LogP contribution in [-0.2, 0) is 11.3 Å². The maximum absolute atomic E-state index is 12.3. The summed E-state index contributed by atoms with van der Waals surface area (Å²) in [6.45, 7) is 2.43. The molecule has 136 valence electrons. The van der Waals surface area contributed by atoms with Crippen LogP contribution in [0.15, 0.2) is 30.3 Å². The summed E-state index contributed by atoms with van der Waals surface area (Å²) in [6.07, 6.45) is 5.53. The van der Waals surface area contributed by atoms with Gasteiger partial charge < -0.3 is 19.9 Å². The second-order valence-corrected chi connectivity index (χ2v) is 6.80. The lowest BCUT2D eigenvalue weighted by atomic mass is 9.96. The van der Waals surface area contributed by atoms with E-state index in [1.807, 2.05) is 30.3 Å². The Labute approximate surface area is 149 Å². The molecule has 1 saturated heterocycles. The Balaban J connectivity index is 1.38. The van der Waals surface area contributed by atoms with Gasteiger partial charge in [-0.1, -0.05) is 49.6 Å². The monoisotopic (exact) mass is 345 g/mol. The zero-order chi connectivity index (χ0) is 17.5. The van der Waals surface area contributed by atoms with Crippen molar-refractivity contribution in [1.29, 1.82) is 0 Å². The van der Waals surface area contributed by atoms with Gasteiger partial charge in [-0.3, -0.25) is 0 Å². The smallest absolute Gasteiger partial charge is 0.410 e. The third kappa shape index (κ3) is 5.11. The molecule has 0 aromatic heterocycles. The summed E-state index contributed by atoms with van der Waals surface area (Å²) in [5, 5.41) is 3.13. The highest BCUT2D eigenvalue weighted by atomic mass is 16.6. The molecule has 0 unspecified atom stereocenters. The van der Waals surface area contributed by atoms with Crippen molar-refractivity contribution in [3.63, 3.8) is 0 Å². The summed E-state index contributed by atoms with van der Waals surface area (Å²) in [5.74, 6) is 0. The van der Waals surface area contributed by atoms with Gasteiger partial charge in [0.15, 0.2) is 0 Å². The molecule has 0 bridgehead atoms. The fourth-order valence-electron chi connectivity index (χ4n) is 3.42. The van der Waals surface area contributed by atoms with E-state index in [1.165, 1.54) is 19.3 Å². The number of ether oxygens (including phenoxy) is 1. The summed E-state index contributed by atoms with van der Waals surface area (Å²) in [4.78, 5) is 28.0. The number of amides is 3. The van der Waals surface area contributed by atoms with Crippen LogP contribution in [0.3, 0.4) is 0 Å². The average molecular weight is 345 g/mol. The highest BCUT2D eigenvalue weighted by molar-refractivity contribution is 5.75. The minimum Gasteiger partial charge on any atom is -0.445 e. The number of nitrogens with zero attached hydrogens (tertiary/aromatic N) is 2. The number of nitrogens with one attached hydrogen (secondary N) is 1. The predicted octanol–water partition coefficient (Wildman–Crippen LogP) is 2.98. The summed E-state index contributed by atoms with van der Waals surface area (Å²) < 4.78 is 5.35. The lowest BCUT2D eigenvalue weighted by molar-refractivity contribution is 0.0763. The van der Waals surface area contributed by atoms with Gasteiger partial charge in [0, 0.05) is 32.2 Å². The molecule has 1 N–H and O–H groups in total. The van der Waals surface area contributed by atoms with Crippen molar-refractivity contribution in [1.82, 2.24) is 15.1 Å². The Morgan fingerprint density at radius 1 is 0.960 bits per heavy atom. The van der Waals surface area contributed by atoms with Gasteiger partial charge >= 0.3 is 12.1 Å². The second-order valence-electron chi connectivity index (χ2n) is 6.80. The minimum absolute atomic E-state index is 0.00389. The number of hydrogen-bond acceptors (Lipinski definition) is 3. The molecule has 2 fully saturated rings. The predicted molar refractivity (Wildman–Crippen MR) is 95.2 cm³/mol. The number of carbonyl (C=O) groups excluding carboxylic acids is 2. The molecule has 0 radical (unpaired) electrons. The van der Waals surface area contributed by atoms with Crippen molar-refractivity contribution in [2.75, 3.05) is 26.2 Å². The highest BCUT2D eigenvalue weighted by Crippen LogP contribution is 2.17. The van der Waals surface area contributed by atoms with Gasteiger partial charge in [0.2, 0.25) is 0 Å². The molecular formula is C19H27N3O3. The molecule has 1 aromatic rings. The van der Waals surface area contributed by atoms with Gasteiger partial charge in [-0.15, -0.1) is 0 Å². The number of carbonyl (C=O) groups is 2. The fourth-order valence-corrected chi connectivity index (χ4v) is 3.42. The Bertz CT molecular complexity index is 565. The van der Waals surface area contributed by atoms with E-state index in [2.05, 4.69) is 5.32 Å². The number of piperazine rings is 1. The normalized spacial score (nSPS) is 18.7. The number of benzene rings is 1. The van der Waals surface area contributed by atoms with Crippen molar-refractivity contribution < 1.29 is 14.3 Å². The minimum atomic E-state index is -0.309. The van der Waals surface area contributed by atoms with E-state index in [0.717, 1.165) is 18.4 Å². The summed E-state index contributed by atoms with van der Waals surface area (Å²) in [7, 11) is 0. The fraction of sp³-hybridized carbons (Fsp3) is 0.579. The lowest BCUT2D eigenvalue weighted by Crippen LogP contribution is -2.54. The van der Waals surface area contributed by atoms with Crippen molar-refractivity contribution in [2.45, 2.75) is 44.8 Å². The zero-order valence-electron chi connectivity index (χ0n) is 14.7. The number of rotatable bonds is 3. The molecule has 1 saturated carbocycles. The standard InChI is InChI=1S/C19H27N3O3/c23-18(20-17-9-5-2-6-10-17)21-11-13-22(14-12-21)19(24)25-15-16-7-3-1-4-8-16/h1,3-4,7-8,17H,2,5-6,9-15H2,(H,20,23). The molecule has 1 heterocycles. The SMILES string of the molecule is O=C(NC1CCCCC1)N1CCN(C(=O)OCc2ccccc2)CC1. The largest absolute Gasteiger partial charge is 0.445 e. The van der Waals surface area contributed by atoms with E-state index in [9.17, 15) is 9.59 Å². The average Bonchev–Trinajstić information content (AvgIpc) is 2.68. The Kier molecular flexibility index (Phi) is 6.14. The third-order valence-electron chi connectivity index (χ3n) is 4.96. The maximum atomic E-state index is 12.3. The maximum Gasteiger partial charge on any atom is 0.410 e. The van der Waals surface area contributed by atoms with E-state index in [4.69, 9.17) is 4.74 Å². The van der Waals surface area contributed by atoms with Gasteiger partial charge in [-0.25, -0.2) is 9.59 Å². The molecule has 1 aromatic carbocycles. The van der Waals surface area contributed by atoms with Crippen LogP contribution < -0.4 is 5.32 Å². The van der Waals surface area contributed by atoms with Crippen LogP contribution in [0.2, 0.25) is 0 Å². The van der Waals surface area contributed by atoms with E-state index in [1.54, 1.807) is 9.80 Å². The Morgan fingerprint density at radius 2 is 1.60 bits per heavy atom. The molecule has 0 atom stereocenters. The van der Waals surface area contributed by atoms with Gasteiger partial charge in [0.1, 0.15) is 6.61 Å². The molecule has 0 spiro atoms. The van der Waals surface area contributed by atoms with Crippen molar-refractivity contribution in [2.24, 2.45) is 0 Å². The highest BCUT2D eigenvalue weighted by Gasteiger charge is 2.26. The van der Waals surface area contributed by atoms with Crippen molar-refractivity contribution >= 4 is 12.1 Å². The molecule has 2 aliphatic rings. The Hall–Kier alpha value is -2.24. The summed E-state index contributed by atoms with van der Waals surface area (Å²) in [6, 6.07) is 9.96. The van der Waals surface area contributed by atoms with Crippen LogP contribution in [0.25, 0.3) is 0 Å².